The first-order valence-electron chi connectivity index (χ1n) is 6.29. The molecule has 0 bridgehead atoms. The molecule has 1 aliphatic rings. The van der Waals surface area contributed by atoms with Crippen LogP contribution in [0, 0.1) is 0 Å². The van der Waals surface area contributed by atoms with Crippen LogP contribution in [-0.2, 0) is 4.79 Å². The van der Waals surface area contributed by atoms with Crippen LogP contribution in [0.25, 0.3) is 0 Å². The molecule has 0 spiro atoms. The molecule has 0 saturated heterocycles. The lowest BCUT2D eigenvalue weighted by atomic mass is 10.1. The number of anilines is 2. The highest BCUT2D eigenvalue weighted by atomic mass is 16.3. The second-order valence-corrected chi connectivity index (χ2v) is 4.91. The summed E-state index contributed by atoms with van der Waals surface area (Å²) < 4.78 is 0. The fourth-order valence-corrected chi connectivity index (χ4v) is 2.24. The zero-order valence-electron chi connectivity index (χ0n) is 11.3. The van der Waals surface area contributed by atoms with Crippen molar-refractivity contribution < 1.29 is 9.90 Å². The number of aliphatic hydroxyl groups is 1. The smallest absolute Gasteiger partial charge is 0.260 e. The van der Waals surface area contributed by atoms with Gasteiger partial charge in [0, 0.05) is 31.4 Å². The van der Waals surface area contributed by atoms with Crippen LogP contribution >= 0.6 is 0 Å². The maximum atomic E-state index is 11.7. The fraction of sp³-hybridized carbons (Fsp3) is 0.500. The number of carbonyl (C=O) groups is 1. The molecular formula is C14H20N2O2. The van der Waals surface area contributed by atoms with Crippen molar-refractivity contribution in [2.45, 2.75) is 32.4 Å². The van der Waals surface area contributed by atoms with Gasteiger partial charge in [0.15, 0.2) is 6.10 Å². The second kappa shape index (κ2) is 4.61. The molecule has 0 radical (unpaired) electrons. The van der Waals surface area contributed by atoms with E-state index in [9.17, 15) is 9.90 Å². The lowest BCUT2D eigenvalue weighted by Gasteiger charge is -2.27. The van der Waals surface area contributed by atoms with Gasteiger partial charge in [-0.15, -0.1) is 0 Å². The first-order chi connectivity index (χ1) is 8.47. The summed E-state index contributed by atoms with van der Waals surface area (Å²) in [5, 5.41) is 9.80. The Bertz CT molecular complexity index is 473. The Morgan fingerprint density at radius 1 is 1.50 bits per heavy atom. The molecule has 1 aromatic carbocycles. The number of nitrogens with zero attached hydrogens (tertiary/aromatic N) is 2. The van der Waals surface area contributed by atoms with E-state index in [1.54, 1.807) is 7.05 Å². The zero-order chi connectivity index (χ0) is 13.4. The number of hydrogen-bond donors (Lipinski definition) is 1. The van der Waals surface area contributed by atoms with Crippen LogP contribution < -0.4 is 9.80 Å². The molecule has 1 N–H and O–H groups in total. The predicted octanol–water partition coefficient (Wildman–Crippen LogP) is 1.93. The summed E-state index contributed by atoms with van der Waals surface area (Å²) in [5.41, 5.74) is 2.57. The van der Waals surface area contributed by atoms with Gasteiger partial charge >= 0.3 is 0 Å². The van der Waals surface area contributed by atoms with E-state index < -0.39 is 6.10 Å². The van der Waals surface area contributed by atoms with E-state index in [4.69, 9.17) is 0 Å². The van der Waals surface area contributed by atoms with Crippen molar-refractivity contribution >= 4 is 17.3 Å². The standard InChI is InChI=1S/C14H20N2O2/c1-5-9(2)15(3)10-6-7-11-12(8-10)16(4)14(18)13(11)17/h6-9,13,17H,5H2,1-4H3. The molecule has 1 heterocycles. The average Bonchev–Trinajstić information content (AvgIpc) is 2.61. The number of fused-ring (bicyclic) bond motifs is 1. The number of likely N-dealkylation sites (N-methyl/N-ethyl adjacent to an activating group) is 1. The summed E-state index contributed by atoms with van der Waals surface area (Å²) in [6.45, 7) is 4.31. The molecule has 2 rings (SSSR count). The Morgan fingerprint density at radius 3 is 2.78 bits per heavy atom. The molecule has 4 heteroatoms. The molecule has 1 amide bonds. The van der Waals surface area contributed by atoms with Gasteiger partial charge in [0.1, 0.15) is 0 Å². The molecule has 4 nitrogen and oxygen atoms in total. The first kappa shape index (κ1) is 12.9. The summed E-state index contributed by atoms with van der Waals surface area (Å²) in [5.74, 6) is -0.256. The number of amides is 1. The molecular weight excluding hydrogens is 228 g/mol. The van der Waals surface area contributed by atoms with Crippen molar-refractivity contribution in [2.75, 3.05) is 23.9 Å². The molecule has 0 aromatic heterocycles. The van der Waals surface area contributed by atoms with Gasteiger partial charge in [-0.1, -0.05) is 13.0 Å². The molecule has 1 aliphatic heterocycles. The van der Waals surface area contributed by atoms with Gasteiger partial charge in [-0.3, -0.25) is 4.79 Å². The van der Waals surface area contributed by atoms with Crippen molar-refractivity contribution in [3.8, 4) is 0 Å². The van der Waals surface area contributed by atoms with Gasteiger partial charge in [-0.2, -0.15) is 0 Å². The monoisotopic (exact) mass is 248 g/mol. The van der Waals surface area contributed by atoms with Crippen LogP contribution in [0.1, 0.15) is 31.9 Å². The van der Waals surface area contributed by atoms with Crippen LogP contribution in [-0.4, -0.2) is 31.2 Å². The zero-order valence-corrected chi connectivity index (χ0v) is 11.3. The third-order valence-corrected chi connectivity index (χ3v) is 3.89. The summed E-state index contributed by atoms with van der Waals surface area (Å²) in [6.07, 6.45) is 0.0540. The van der Waals surface area contributed by atoms with E-state index in [2.05, 4.69) is 18.7 Å². The maximum absolute atomic E-state index is 11.7. The Labute approximate surface area is 108 Å². The van der Waals surface area contributed by atoms with Crippen LogP contribution in [0.3, 0.4) is 0 Å². The largest absolute Gasteiger partial charge is 0.378 e. The topological polar surface area (TPSA) is 43.8 Å². The molecule has 18 heavy (non-hydrogen) atoms. The van der Waals surface area contributed by atoms with Gasteiger partial charge in [-0.25, -0.2) is 0 Å². The summed E-state index contributed by atoms with van der Waals surface area (Å²) >= 11 is 0. The quantitative estimate of drug-likeness (QED) is 0.889. The minimum Gasteiger partial charge on any atom is -0.378 e. The lowest BCUT2D eigenvalue weighted by molar-refractivity contribution is -0.125. The van der Waals surface area contributed by atoms with Gasteiger partial charge in [0.2, 0.25) is 0 Å². The third-order valence-electron chi connectivity index (χ3n) is 3.89. The summed E-state index contributed by atoms with van der Waals surface area (Å²) in [4.78, 5) is 15.4. The van der Waals surface area contributed by atoms with Crippen LogP contribution in [0.5, 0.6) is 0 Å². The van der Waals surface area contributed by atoms with E-state index in [0.717, 1.165) is 17.8 Å². The third kappa shape index (κ3) is 1.86. The van der Waals surface area contributed by atoms with Crippen molar-refractivity contribution in [3.05, 3.63) is 23.8 Å². The van der Waals surface area contributed by atoms with Gasteiger partial charge in [0.25, 0.3) is 5.91 Å². The lowest BCUT2D eigenvalue weighted by Crippen LogP contribution is -2.28. The normalized spacial score (nSPS) is 19.9. The van der Waals surface area contributed by atoms with E-state index >= 15 is 0 Å². The average molecular weight is 248 g/mol. The van der Waals surface area contributed by atoms with Crippen molar-refractivity contribution in [3.63, 3.8) is 0 Å². The number of hydrogen-bond acceptors (Lipinski definition) is 3. The van der Waals surface area contributed by atoms with Gasteiger partial charge in [-0.05, 0) is 25.5 Å². The molecule has 2 unspecified atom stereocenters. The van der Waals surface area contributed by atoms with Crippen molar-refractivity contribution in [1.29, 1.82) is 0 Å². The van der Waals surface area contributed by atoms with Crippen LogP contribution in [0.2, 0.25) is 0 Å². The van der Waals surface area contributed by atoms with Crippen LogP contribution in [0.15, 0.2) is 18.2 Å². The van der Waals surface area contributed by atoms with Crippen molar-refractivity contribution in [2.24, 2.45) is 0 Å². The Morgan fingerprint density at radius 2 is 2.17 bits per heavy atom. The molecule has 0 saturated carbocycles. The van der Waals surface area contributed by atoms with E-state index in [0.29, 0.717) is 11.6 Å². The fourth-order valence-electron chi connectivity index (χ4n) is 2.24. The Balaban J connectivity index is 2.37. The highest BCUT2D eigenvalue weighted by molar-refractivity contribution is 6.03. The number of carbonyl (C=O) groups excluding carboxylic acids is 1. The van der Waals surface area contributed by atoms with Crippen LogP contribution in [0.4, 0.5) is 11.4 Å². The van der Waals surface area contributed by atoms with Crippen molar-refractivity contribution in [1.82, 2.24) is 0 Å². The molecule has 0 fully saturated rings. The second-order valence-electron chi connectivity index (χ2n) is 4.91. The number of rotatable bonds is 3. The summed E-state index contributed by atoms with van der Waals surface area (Å²) in [6, 6.07) is 6.21. The highest BCUT2D eigenvalue weighted by Crippen LogP contribution is 2.37. The highest BCUT2D eigenvalue weighted by Gasteiger charge is 2.33. The SMILES string of the molecule is CCC(C)N(C)c1ccc2c(c1)N(C)C(=O)C2O. The van der Waals surface area contributed by atoms with E-state index in [1.807, 2.05) is 25.2 Å². The summed E-state index contributed by atoms with van der Waals surface area (Å²) in [7, 11) is 3.74. The maximum Gasteiger partial charge on any atom is 0.260 e. The number of aliphatic hydroxyl groups excluding tert-OH is 1. The first-order valence-corrected chi connectivity index (χ1v) is 6.29. The number of benzene rings is 1. The molecule has 1 aromatic rings. The predicted molar refractivity (Wildman–Crippen MR) is 73.0 cm³/mol. The minimum atomic E-state index is -1.01. The van der Waals surface area contributed by atoms with Gasteiger partial charge in [0.05, 0.1) is 5.69 Å². The van der Waals surface area contributed by atoms with E-state index in [-0.39, 0.29) is 5.91 Å². The molecule has 98 valence electrons. The molecule has 2 atom stereocenters. The Kier molecular flexibility index (Phi) is 3.30. The Hall–Kier alpha value is -1.55. The van der Waals surface area contributed by atoms with E-state index in [1.165, 1.54) is 4.90 Å². The molecule has 0 aliphatic carbocycles. The minimum absolute atomic E-state index is 0.256. The van der Waals surface area contributed by atoms with Gasteiger partial charge < -0.3 is 14.9 Å².